The van der Waals surface area contributed by atoms with Crippen LogP contribution in [0.15, 0.2) is 35.2 Å². The largest absolute Gasteiger partial charge is 0.359 e. The van der Waals surface area contributed by atoms with Crippen LogP contribution in [0.4, 0.5) is 0 Å². The predicted octanol–water partition coefficient (Wildman–Crippen LogP) is 1.46. The highest BCUT2D eigenvalue weighted by molar-refractivity contribution is 7.89. The number of hydrogen-bond donors (Lipinski definition) is 1. The molecule has 4 rings (SSSR count). The number of nitrogens with zero attached hydrogens (tertiary/aromatic N) is 2. The van der Waals surface area contributed by atoms with Crippen LogP contribution >= 0.6 is 0 Å². The van der Waals surface area contributed by atoms with E-state index in [-0.39, 0.29) is 23.1 Å². The Hall–Kier alpha value is -1.93. The van der Waals surface area contributed by atoms with Crippen LogP contribution in [0.5, 0.6) is 0 Å². The molecule has 29 heavy (non-hydrogen) atoms. The van der Waals surface area contributed by atoms with E-state index in [4.69, 9.17) is 0 Å². The number of nitrogens with one attached hydrogen (secondary N) is 1. The summed E-state index contributed by atoms with van der Waals surface area (Å²) in [5, 5.41) is 2.82. The van der Waals surface area contributed by atoms with E-state index in [9.17, 15) is 18.0 Å². The van der Waals surface area contributed by atoms with Crippen molar-refractivity contribution in [3.05, 3.63) is 30.3 Å². The molecule has 1 aromatic rings. The highest BCUT2D eigenvalue weighted by Crippen LogP contribution is 2.62. The molecule has 1 saturated carbocycles. The quantitative estimate of drug-likeness (QED) is 0.804. The van der Waals surface area contributed by atoms with Gasteiger partial charge >= 0.3 is 0 Å². The molecule has 3 aliphatic rings. The van der Waals surface area contributed by atoms with Crippen LogP contribution in [0.2, 0.25) is 0 Å². The van der Waals surface area contributed by atoms with E-state index in [1.165, 1.54) is 0 Å². The van der Waals surface area contributed by atoms with Gasteiger partial charge in [-0.15, -0.1) is 0 Å². The van der Waals surface area contributed by atoms with Gasteiger partial charge in [0.05, 0.1) is 10.3 Å². The van der Waals surface area contributed by atoms with Crippen LogP contribution in [0.25, 0.3) is 0 Å². The number of piperidine rings is 1. The lowest BCUT2D eigenvalue weighted by Crippen LogP contribution is -2.49. The Kier molecular flexibility index (Phi) is 4.98. The van der Waals surface area contributed by atoms with Gasteiger partial charge in [0, 0.05) is 40.2 Å². The smallest absolute Gasteiger partial charge is 0.243 e. The number of fused-ring (bicyclic) bond motifs is 2. The third-order valence-corrected chi connectivity index (χ3v) is 9.49. The second-order valence-corrected chi connectivity index (χ2v) is 10.7. The van der Waals surface area contributed by atoms with Crippen molar-refractivity contribution in [2.75, 3.05) is 33.2 Å². The molecule has 8 heteroatoms. The van der Waals surface area contributed by atoms with Crippen molar-refractivity contribution in [2.24, 2.45) is 16.7 Å². The normalized spacial score (nSPS) is 29.0. The molecule has 1 spiro atoms. The van der Waals surface area contributed by atoms with Gasteiger partial charge in [0.25, 0.3) is 0 Å². The summed E-state index contributed by atoms with van der Waals surface area (Å²) in [7, 11) is -1.84. The molecule has 1 aromatic carbocycles. The molecule has 0 radical (unpaired) electrons. The highest BCUT2D eigenvalue weighted by atomic mass is 32.2. The zero-order chi connectivity index (χ0) is 20.9. The van der Waals surface area contributed by atoms with Crippen LogP contribution in [0, 0.1) is 16.7 Å². The molecule has 1 aliphatic carbocycles. The second-order valence-electron chi connectivity index (χ2n) is 8.77. The van der Waals surface area contributed by atoms with Gasteiger partial charge in [-0.25, -0.2) is 8.42 Å². The lowest BCUT2D eigenvalue weighted by molar-refractivity contribution is -0.133. The van der Waals surface area contributed by atoms with Gasteiger partial charge in [-0.05, 0) is 49.1 Å². The van der Waals surface area contributed by atoms with Gasteiger partial charge in [0.15, 0.2) is 0 Å². The first-order valence-electron chi connectivity index (χ1n) is 10.3. The Balaban J connectivity index is 1.57. The fourth-order valence-corrected chi connectivity index (χ4v) is 7.40. The third kappa shape index (κ3) is 3.08. The Morgan fingerprint density at radius 2 is 1.72 bits per heavy atom. The Morgan fingerprint density at radius 1 is 1.07 bits per heavy atom. The molecule has 2 saturated heterocycles. The third-order valence-electron chi connectivity index (χ3n) is 7.57. The van der Waals surface area contributed by atoms with Crippen molar-refractivity contribution in [3.63, 3.8) is 0 Å². The fourth-order valence-electron chi connectivity index (χ4n) is 5.93. The number of hydrogen-bond acceptors (Lipinski definition) is 4. The molecule has 2 amide bonds. The molecule has 0 aromatic heterocycles. The Labute approximate surface area is 172 Å². The minimum atomic E-state index is -3.50. The first-order valence-corrected chi connectivity index (χ1v) is 11.7. The molecule has 2 heterocycles. The van der Waals surface area contributed by atoms with Gasteiger partial charge < -0.3 is 10.2 Å². The maximum atomic E-state index is 13.0. The summed E-state index contributed by atoms with van der Waals surface area (Å²) in [4.78, 5) is 27.0. The van der Waals surface area contributed by atoms with Crippen molar-refractivity contribution in [1.29, 1.82) is 0 Å². The molecule has 0 bridgehead atoms. The molecule has 2 aliphatic heterocycles. The van der Waals surface area contributed by atoms with Crippen LogP contribution in [0.1, 0.15) is 32.6 Å². The van der Waals surface area contributed by atoms with Crippen LogP contribution in [-0.4, -0.2) is 62.7 Å². The zero-order valence-corrected chi connectivity index (χ0v) is 17.9. The Bertz CT molecular complexity index is 909. The number of sulfonamides is 1. The van der Waals surface area contributed by atoms with Crippen molar-refractivity contribution < 1.29 is 18.0 Å². The highest BCUT2D eigenvalue weighted by Gasteiger charge is 2.64. The van der Waals surface area contributed by atoms with Crippen molar-refractivity contribution in [1.82, 2.24) is 14.5 Å². The van der Waals surface area contributed by atoms with Gasteiger partial charge in [0.1, 0.15) is 0 Å². The average Bonchev–Trinajstić information content (AvgIpc) is 3.26. The monoisotopic (exact) mass is 419 g/mol. The molecule has 2 atom stereocenters. The summed E-state index contributed by atoms with van der Waals surface area (Å²) in [5.41, 5.74) is -0.625. The van der Waals surface area contributed by atoms with Crippen molar-refractivity contribution in [2.45, 2.75) is 37.5 Å². The van der Waals surface area contributed by atoms with Crippen LogP contribution < -0.4 is 5.32 Å². The molecule has 3 fully saturated rings. The van der Waals surface area contributed by atoms with E-state index in [1.807, 2.05) is 6.07 Å². The lowest BCUT2D eigenvalue weighted by Gasteiger charge is -2.43. The predicted molar refractivity (Wildman–Crippen MR) is 108 cm³/mol. The average molecular weight is 420 g/mol. The number of carbonyl (C=O) groups excluding carboxylic acids is 2. The molecule has 1 N–H and O–H groups in total. The summed E-state index contributed by atoms with van der Waals surface area (Å²) in [6, 6.07) is 8.55. The zero-order valence-electron chi connectivity index (χ0n) is 17.1. The van der Waals surface area contributed by atoms with Crippen LogP contribution in [-0.2, 0) is 19.6 Å². The van der Waals surface area contributed by atoms with Gasteiger partial charge in [-0.1, -0.05) is 18.2 Å². The van der Waals surface area contributed by atoms with Gasteiger partial charge in [-0.2, -0.15) is 4.31 Å². The first-order chi connectivity index (χ1) is 13.7. The van der Waals surface area contributed by atoms with E-state index in [1.54, 1.807) is 47.4 Å². The number of amides is 2. The summed E-state index contributed by atoms with van der Waals surface area (Å²) in [6.07, 6.45) is 3.13. The SMILES string of the molecule is CNC(=O)[C@@]12CCC3(CCN(S(=O)(=O)c4ccccc4)CC3)[C@@H]1CN(C(C)=O)C2. The molecule has 7 nitrogen and oxygen atoms in total. The number of likely N-dealkylation sites (tertiary alicyclic amines) is 1. The summed E-state index contributed by atoms with van der Waals surface area (Å²) < 4.78 is 27.5. The van der Waals surface area contributed by atoms with Crippen molar-refractivity contribution >= 4 is 21.8 Å². The summed E-state index contributed by atoms with van der Waals surface area (Å²) in [6.45, 7) is 3.53. The maximum Gasteiger partial charge on any atom is 0.243 e. The standard InChI is InChI=1S/C21H29N3O4S/c1-16(25)23-14-18-20(8-9-21(18,15-23)19(26)22-2)10-12-24(13-11-20)29(27,28)17-6-4-3-5-7-17/h3-7,18H,8-15H2,1-2H3,(H,22,26)/t18-,21+/m0/s1. The van der Waals surface area contributed by atoms with Crippen LogP contribution in [0.3, 0.4) is 0 Å². The molecular formula is C21H29N3O4S. The van der Waals surface area contributed by atoms with E-state index >= 15 is 0 Å². The van der Waals surface area contributed by atoms with E-state index < -0.39 is 15.4 Å². The minimum Gasteiger partial charge on any atom is -0.359 e. The summed E-state index contributed by atoms with van der Waals surface area (Å²) >= 11 is 0. The van der Waals surface area contributed by atoms with E-state index in [2.05, 4.69) is 5.32 Å². The topological polar surface area (TPSA) is 86.8 Å². The Morgan fingerprint density at radius 3 is 2.31 bits per heavy atom. The first kappa shape index (κ1) is 20.3. The number of benzene rings is 1. The molecular weight excluding hydrogens is 390 g/mol. The minimum absolute atomic E-state index is 0.00178. The lowest BCUT2D eigenvalue weighted by atomic mass is 9.66. The van der Waals surface area contributed by atoms with Gasteiger partial charge in [0.2, 0.25) is 21.8 Å². The van der Waals surface area contributed by atoms with Crippen molar-refractivity contribution in [3.8, 4) is 0 Å². The number of rotatable bonds is 3. The molecule has 158 valence electrons. The summed E-state index contributed by atoms with van der Waals surface area (Å²) in [5.74, 6) is 0.102. The molecule has 0 unspecified atom stereocenters. The van der Waals surface area contributed by atoms with E-state index in [0.717, 1.165) is 25.7 Å². The fraction of sp³-hybridized carbons (Fsp3) is 0.619. The number of carbonyl (C=O) groups is 2. The second kappa shape index (κ2) is 7.09. The van der Waals surface area contributed by atoms with E-state index in [0.29, 0.717) is 31.1 Å². The van der Waals surface area contributed by atoms with Gasteiger partial charge in [-0.3, -0.25) is 9.59 Å². The maximum absolute atomic E-state index is 13.0.